The molecule has 1 aromatic carbocycles. The van der Waals surface area contributed by atoms with Gasteiger partial charge in [0.2, 0.25) is 0 Å². The number of rotatable bonds is 6. The van der Waals surface area contributed by atoms with Crippen LogP contribution in [-0.4, -0.2) is 36.4 Å². The minimum Gasteiger partial charge on any atom is -0.462 e. The Kier molecular flexibility index (Phi) is 5.11. The van der Waals surface area contributed by atoms with Crippen molar-refractivity contribution in [2.24, 2.45) is 0 Å². The molecule has 0 saturated heterocycles. The fourth-order valence-electron chi connectivity index (χ4n) is 2.34. The zero-order valence-corrected chi connectivity index (χ0v) is 11.9. The van der Waals surface area contributed by atoms with Crippen LogP contribution in [0.2, 0.25) is 0 Å². The summed E-state index contributed by atoms with van der Waals surface area (Å²) in [5.74, 6) is -1.32. The summed E-state index contributed by atoms with van der Waals surface area (Å²) < 4.78 is 10.2. The average molecular weight is 290 g/mol. The molecule has 5 nitrogen and oxygen atoms in total. The van der Waals surface area contributed by atoms with Gasteiger partial charge in [-0.15, -0.1) is 0 Å². The van der Waals surface area contributed by atoms with Gasteiger partial charge in [-0.1, -0.05) is 30.3 Å². The molecule has 2 rings (SSSR count). The molecule has 0 bridgehead atoms. The van der Waals surface area contributed by atoms with E-state index in [2.05, 4.69) is 0 Å². The summed E-state index contributed by atoms with van der Waals surface area (Å²) in [4.78, 5) is 24.0. The highest BCUT2D eigenvalue weighted by Gasteiger charge is 2.39. The van der Waals surface area contributed by atoms with E-state index in [-0.39, 0.29) is 18.8 Å². The van der Waals surface area contributed by atoms with Gasteiger partial charge in [0.05, 0.1) is 6.61 Å². The molecule has 1 N–H and O–H groups in total. The zero-order valence-electron chi connectivity index (χ0n) is 11.9. The smallest absolute Gasteiger partial charge is 0.346 e. The molecule has 1 aliphatic heterocycles. The van der Waals surface area contributed by atoms with Crippen LogP contribution in [0.5, 0.6) is 0 Å². The number of carbonyl (C=O) groups excluding carboxylic acids is 2. The van der Waals surface area contributed by atoms with Crippen LogP contribution in [-0.2, 0) is 19.1 Å². The fraction of sp³-hybridized carbons (Fsp3) is 0.375. The summed E-state index contributed by atoms with van der Waals surface area (Å²) in [6, 6.07) is 9.16. The van der Waals surface area contributed by atoms with Gasteiger partial charge in [-0.3, -0.25) is 0 Å². The maximum absolute atomic E-state index is 12.0. The topological polar surface area (TPSA) is 72.8 Å². The lowest BCUT2D eigenvalue weighted by atomic mass is 9.94. The van der Waals surface area contributed by atoms with Crippen molar-refractivity contribution in [3.05, 3.63) is 41.5 Å². The molecule has 1 atom stereocenters. The average Bonchev–Trinajstić information content (AvgIpc) is 2.82. The highest BCUT2D eigenvalue weighted by molar-refractivity contribution is 6.22. The first-order valence-corrected chi connectivity index (χ1v) is 6.97. The van der Waals surface area contributed by atoms with Crippen LogP contribution in [0.4, 0.5) is 0 Å². The lowest BCUT2D eigenvalue weighted by molar-refractivity contribution is -0.146. The van der Waals surface area contributed by atoms with Crippen LogP contribution in [0.15, 0.2) is 35.9 Å². The van der Waals surface area contributed by atoms with Crippen LogP contribution in [0, 0.1) is 0 Å². The van der Waals surface area contributed by atoms with Crippen molar-refractivity contribution in [1.29, 1.82) is 0 Å². The minimum atomic E-state index is -0.659. The second kappa shape index (κ2) is 7.04. The number of hydrogen-bond donors (Lipinski definition) is 1. The van der Waals surface area contributed by atoms with Crippen LogP contribution in [0.3, 0.4) is 0 Å². The molecular formula is C16H18O5. The van der Waals surface area contributed by atoms with Gasteiger partial charge < -0.3 is 14.6 Å². The molecule has 0 amide bonds. The third-order valence-corrected chi connectivity index (χ3v) is 3.23. The van der Waals surface area contributed by atoms with E-state index in [1.165, 1.54) is 0 Å². The number of aliphatic hydroxyl groups is 1. The minimum absolute atomic E-state index is 0.00482. The van der Waals surface area contributed by atoms with Gasteiger partial charge in [0, 0.05) is 12.2 Å². The molecule has 1 aromatic rings. The molecule has 1 aliphatic rings. The summed E-state index contributed by atoms with van der Waals surface area (Å²) in [5.41, 5.74) is 1.27. The Hall–Kier alpha value is -2.14. The number of ether oxygens (including phenoxy) is 2. The van der Waals surface area contributed by atoms with Crippen molar-refractivity contribution >= 4 is 17.5 Å². The van der Waals surface area contributed by atoms with E-state index < -0.39 is 18.0 Å². The van der Waals surface area contributed by atoms with Gasteiger partial charge >= 0.3 is 11.9 Å². The van der Waals surface area contributed by atoms with Crippen molar-refractivity contribution in [2.45, 2.75) is 25.9 Å². The summed E-state index contributed by atoms with van der Waals surface area (Å²) in [6.45, 7) is 1.88. The van der Waals surface area contributed by atoms with E-state index in [1.807, 2.05) is 30.3 Å². The lowest BCUT2D eigenvalue weighted by Gasteiger charge is -2.13. The molecule has 0 aliphatic carbocycles. The van der Waals surface area contributed by atoms with E-state index in [1.54, 1.807) is 6.92 Å². The predicted molar refractivity (Wildman–Crippen MR) is 76.2 cm³/mol. The highest BCUT2D eigenvalue weighted by atomic mass is 16.6. The fourth-order valence-corrected chi connectivity index (χ4v) is 2.34. The molecule has 1 unspecified atom stereocenters. The third kappa shape index (κ3) is 3.31. The number of hydrogen-bond acceptors (Lipinski definition) is 5. The molecule has 0 radical (unpaired) electrons. The molecule has 0 spiro atoms. The second-order valence-corrected chi connectivity index (χ2v) is 4.63. The van der Waals surface area contributed by atoms with Crippen molar-refractivity contribution in [2.75, 3.05) is 13.2 Å². The van der Waals surface area contributed by atoms with Crippen LogP contribution in [0.1, 0.15) is 25.3 Å². The quantitative estimate of drug-likeness (QED) is 0.637. The van der Waals surface area contributed by atoms with Crippen LogP contribution < -0.4 is 0 Å². The van der Waals surface area contributed by atoms with Crippen LogP contribution in [0.25, 0.3) is 5.57 Å². The summed E-state index contributed by atoms with van der Waals surface area (Å²) in [5, 5.41) is 8.96. The van der Waals surface area contributed by atoms with Crippen molar-refractivity contribution in [1.82, 2.24) is 0 Å². The van der Waals surface area contributed by atoms with E-state index >= 15 is 0 Å². The van der Waals surface area contributed by atoms with Gasteiger partial charge in [0.15, 0.2) is 5.57 Å². The number of carbonyl (C=O) groups is 2. The summed E-state index contributed by atoms with van der Waals surface area (Å²) in [7, 11) is 0. The number of benzene rings is 1. The highest BCUT2D eigenvalue weighted by Crippen LogP contribution is 2.34. The predicted octanol–water partition coefficient (Wildman–Crippen LogP) is 1.70. The molecule has 0 aromatic heterocycles. The van der Waals surface area contributed by atoms with Gasteiger partial charge in [-0.05, 0) is 25.3 Å². The van der Waals surface area contributed by atoms with E-state index in [4.69, 9.17) is 14.6 Å². The Morgan fingerprint density at radius 2 is 2.05 bits per heavy atom. The molecule has 112 valence electrons. The normalized spacial score (nSPS) is 17.8. The van der Waals surface area contributed by atoms with Crippen molar-refractivity contribution < 1.29 is 24.2 Å². The van der Waals surface area contributed by atoms with Crippen LogP contribution >= 0.6 is 0 Å². The van der Waals surface area contributed by atoms with Gasteiger partial charge in [0.25, 0.3) is 0 Å². The van der Waals surface area contributed by atoms with Gasteiger partial charge in [-0.2, -0.15) is 0 Å². The largest absolute Gasteiger partial charge is 0.462 e. The first-order chi connectivity index (χ1) is 10.2. The monoisotopic (exact) mass is 290 g/mol. The number of aliphatic hydroxyl groups excluding tert-OH is 1. The van der Waals surface area contributed by atoms with Crippen molar-refractivity contribution in [3.63, 3.8) is 0 Å². The van der Waals surface area contributed by atoms with Gasteiger partial charge in [-0.25, -0.2) is 9.59 Å². The third-order valence-electron chi connectivity index (χ3n) is 3.23. The van der Waals surface area contributed by atoms with Crippen molar-refractivity contribution in [3.8, 4) is 0 Å². The Balaban J connectivity index is 2.43. The number of cyclic esters (lactones) is 1. The van der Waals surface area contributed by atoms with Gasteiger partial charge in [0.1, 0.15) is 6.10 Å². The Labute approximate surface area is 123 Å². The Morgan fingerprint density at radius 3 is 2.67 bits per heavy atom. The second-order valence-electron chi connectivity index (χ2n) is 4.63. The standard InChI is InChI=1S/C16H18O5/c1-2-20-15(18)14-13(11-7-4-3-5-8-11)12(9-6-10-17)21-16(14)19/h3-5,7-8,12,17H,2,6,9-10H2,1H3. The Morgan fingerprint density at radius 1 is 1.33 bits per heavy atom. The maximum Gasteiger partial charge on any atom is 0.346 e. The van der Waals surface area contributed by atoms with E-state index in [0.717, 1.165) is 5.56 Å². The first-order valence-electron chi connectivity index (χ1n) is 6.97. The zero-order chi connectivity index (χ0) is 15.2. The summed E-state index contributed by atoms with van der Waals surface area (Å²) in [6.07, 6.45) is 0.436. The summed E-state index contributed by atoms with van der Waals surface area (Å²) >= 11 is 0. The molecular weight excluding hydrogens is 272 g/mol. The molecule has 1 heterocycles. The molecule has 0 fully saturated rings. The maximum atomic E-state index is 12.0. The Bertz CT molecular complexity index is 547. The SMILES string of the molecule is CCOC(=O)C1=C(c2ccccc2)C(CCCO)OC1=O. The van der Waals surface area contributed by atoms with E-state index in [9.17, 15) is 9.59 Å². The number of esters is 2. The molecule has 5 heteroatoms. The molecule has 0 saturated carbocycles. The first kappa shape index (κ1) is 15.3. The molecule has 21 heavy (non-hydrogen) atoms. The lowest BCUT2D eigenvalue weighted by Crippen LogP contribution is -2.14. The van der Waals surface area contributed by atoms with E-state index in [0.29, 0.717) is 18.4 Å².